The first-order valence-electron chi connectivity index (χ1n) is 9.36. The molecule has 0 saturated heterocycles. The van der Waals surface area contributed by atoms with Crippen LogP contribution in [0.2, 0.25) is 0 Å². The fourth-order valence-corrected chi connectivity index (χ4v) is 4.54. The second kappa shape index (κ2) is 7.89. The van der Waals surface area contributed by atoms with Crippen LogP contribution in [0.4, 0.5) is 0 Å². The van der Waals surface area contributed by atoms with Crippen molar-refractivity contribution in [1.29, 1.82) is 0 Å². The normalized spacial score (nSPS) is 13.9. The minimum Gasteiger partial charge on any atom is -0.504 e. The van der Waals surface area contributed by atoms with Crippen molar-refractivity contribution < 1.29 is 23.2 Å². The van der Waals surface area contributed by atoms with Gasteiger partial charge in [0, 0.05) is 26.3 Å². The van der Waals surface area contributed by atoms with Crippen LogP contribution in [0.3, 0.4) is 0 Å². The van der Waals surface area contributed by atoms with Crippen molar-refractivity contribution in [2.75, 3.05) is 0 Å². The highest BCUT2D eigenvalue weighted by molar-refractivity contribution is 9.11. The van der Waals surface area contributed by atoms with Gasteiger partial charge in [-0.3, -0.25) is 9.59 Å². The molecule has 27 heavy (non-hydrogen) atoms. The number of rotatable bonds is 5. The number of benzene rings is 2. The number of phenols is 1. The molecule has 4 nitrogen and oxygen atoms in total. The number of ketones is 2. The number of para-hydroxylation sites is 1. The number of Topliss-reactive ketones (excluding diaryl/α,β-unsaturated/α-hetero) is 1. The van der Waals surface area contributed by atoms with E-state index in [2.05, 4.69) is 47.8 Å². The van der Waals surface area contributed by atoms with Crippen molar-refractivity contribution in [2.24, 2.45) is 0 Å². The van der Waals surface area contributed by atoms with Gasteiger partial charge in [0.25, 0.3) is 0 Å². The van der Waals surface area contributed by atoms with Crippen LogP contribution in [0, 0.1) is 0 Å². The Bertz CT molecular complexity index is 1200. The molecule has 1 atom stereocenters. The van der Waals surface area contributed by atoms with Crippen LogP contribution < -0.4 is 0 Å². The number of carbonyl (C=O) groups excluding carboxylic acids is 2. The Morgan fingerprint density at radius 3 is 2.44 bits per heavy atom. The second-order valence-corrected chi connectivity index (χ2v) is 9.09. The van der Waals surface area contributed by atoms with Gasteiger partial charge in [-0.05, 0) is 37.6 Å². The van der Waals surface area contributed by atoms with E-state index >= 15 is 0 Å². The van der Waals surface area contributed by atoms with Gasteiger partial charge in [-0.25, -0.2) is 0 Å². The van der Waals surface area contributed by atoms with Crippen molar-refractivity contribution in [1.82, 2.24) is 0 Å². The second-order valence-electron chi connectivity index (χ2n) is 6.01. The summed E-state index contributed by atoms with van der Waals surface area (Å²) in [5, 5.41) is 10.3. The number of aromatic hydroxyl groups is 1. The lowest BCUT2D eigenvalue weighted by Gasteiger charge is -2.10. The van der Waals surface area contributed by atoms with Gasteiger partial charge in [0.2, 0.25) is 0 Å². The highest BCUT2D eigenvalue weighted by atomic mass is 79.9. The van der Waals surface area contributed by atoms with Crippen LogP contribution in [0.15, 0.2) is 43.6 Å². The zero-order valence-electron chi connectivity index (χ0n) is 17.2. The maximum Gasteiger partial charge on any atom is 0.197 e. The predicted molar refractivity (Wildman–Crippen MR) is 115 cm³/mol. The lowest BCUT2D eigenvalue weighted by Crippen LogP contribution is -2.06. The molecule has 1 heterocycles. The Kier molecular flexibility index (Phi) is 4.83. The average molecular weight is 562 g/mol. The SMILES string of the molecule is [2H]c1c([2H])c([2H])c2c(C(=O)c3cc(Br)c(CC(C)=O)c(Br)c3)c(C(C)Br)oc2c1O. The maximum atomic E-state index is 13.5. The number of furan rings is 1. The number of alkyl halides is 1. The van der Waals surface area contributed by atoms with E-state index in [4.69, 9.17) is 8.53 Å². The highest BCUT2D eigenvalue weighted by Gasteiger charge is 2.26. The largest absolute Gasteiger partial charge is 0.504 e. The van der Waals surface area contributed by atoms with E-state index in [1.54, 1.807) is 19.1 Å². The highest BCUT2D eigenvalue weighted by Crippen LogP contribution is 2.39. The lowest BCUT2D eigenvalue weighted by atomic mass is 9.97. The summed E-state index contributed by atoms with van der Waals surface area (Å²) in [6.45, 7) is 3.20. The number of carbonyl (C=O) groups is 2. The van der Waals surface area contributed by atoms with Gasteiger partial charge in [-0.1, -0.05) is 59.9 Å². The third-order valence-corrected chi connectivity index (χ3v) is 5.77. The molecule has 0 fully saturated rings. The summed E-state index contributed by atoms with van der Waals surface area (Å²) in [7, 11) is 0. The zero-order chi connectivity index (χ0) is 22.5. The number of hydrogen-bond acceptors (Lipinski definition) is 4. The number of phenolic OH excluding ortho intramolecular Hbond substituents is 1. The maximum absolute atomic E-state index is 13.5. The molecule has 0 amide bonds. The molecule has 1 aromatic heterocycles. The number of halogens is 3. The van der Waals surface area contributed by atoms with E-state index < -0.39 is 28.4 Å². The molecule has 0 saturated carbocycles. The minimum atomic E-state index is -0.585. The van der Waals surface area contributed by atoms with Gasteiger partial charge in [0.1, 0.15) is 11.5 Å². The molecule has 0 aliphatic heterocycles. The van der Waals surface area contributed by atoms with E-state index in [-0.39, 0.29) is 46.1 Å². The summed E-state index contributed by atoms with van der Waals surface area (Å²) in [6, 6.07) is 1.76. The average Bonchev–Trinajstić information content (AvgIpc) is 3.07. The zero-order valence-corrected chi connectivity index (χ0v) is 19.0. The molecule has 0 bridgehead atoms. The molecule has 3 rings (SSSR count). The molecule has 0 spiro atoms. The summed E-state index contributed by atoms with van der Waals surface area (Å²) >= 11 is 10.2. The number of fused-ring (bicyclic) bond motifs is 1. The van der Waals surface area contributed by atoms with Crippen molar-refractivity contribution in [3.05, 3.63) is 61.7 Å². The summed E-state index contributed by atoms with van der Waals surface area (Å²) in [6.07, 6.45) is 0.188. The van der Waals surface area contributed by atoms with Gasteiger partial charge >= 0.3 is 0 Å². The Balaban J connectivity index is 2.30. The third kappa shape index (κ3) is 3.91. The van der Waals surface area contributed by atoms with Crippen molar-refractivity contribution in [3.8, 4) is 5.75 Å². The van der Waals surface area contributed by atoms with Crippen LogP contribution in [0.1, 0.15) is 50.0 Å². The Hall–Kier alpha value is -1.44. The first kappa shape index (κ1) is 16.5. The molecule has 2 aromatic carbocycles. The van der Waals surface area contributed by atoms with E-state index in [1.807, 2.05) is 0 Å². The third-order valence-electron chi connectivity index (χ3n) is 3.94. The molecular weight excluding hydrogens is 544 g/mol. The van der Waals surface area contributed by atoms with Crippen LogP contribution in [-0.2, 0) is 11.2 Å². The van der Waals surface area contributed by atoms with Crippen LogP contribution >= 0.6 is 47.8 Å². The Morgan fingerprint density at radius 1 is 1.26 bits per heavy atom. The van der Waals surface area contributed by atoms with E-state index in [9.17, 15) is 14.7 Å². The predicted octanol–water partition coefficient (Wildman–Crippen LogP) is 6.48. The Morgan fingerprint density at radius 2 is 1.89 bits per heavy atom. The molecular formula is C20H15Br3O4. The van der Waals surface area contributed by atoms with Crippen molar-refractivity contribution in [2.45, 2.75) is 25.1 Å². The summed E-state index contributed by atoms with van der Waals surface area (Å²) in [4.78, 5) is 24.6. The summed E-state index contributed by atoms with van der Waals surface area (Å²) in [5.41, 5.74) is 0.841. The van der Waals surface area contributed by atoms with Crippen LogP contribution in [0.25, 0.3) is 11.0 Å². The molecule has 0 aliphatic carbocycles. The van der Waals surface area contributed by atoms with Crippen LogP contribution in [-0.4, -0.2) is 16.7 Å². The molecule has 3 aromatic rings. The fraction of sp³-hybridized carbons (Fsp3) is 0.200. The van der Waals surface area contributed by atoms with Gasteiger partial charge in [-0.15, -0.1) is 0 Å². The van der Waals surface area contributed by atoms with Gasteiger partial charge in [0.05, 0.1) is 14.5 Å². The molecule has 0 radical (unpaired) electrons. The molecule has 1 unspecified atom stereocenters. The molecule has 7 heteroatoms. The van der Waals surface area contributed by atoms with Crippen molar-refractivity contribution >= 4 is 70.3 Å². The van der Waals surface area contributed by atoms with Gasteiger partial charge < -0.3 is 9.52 Å². The molecule has 140 valence electrons. The number of hydrogen-bond donors (Lipinski definition) is 1. The topological polar surface area (TPSA) is 67.5 Å². The smallest absolute Gasteiger partial charge is 0.197 e. The van der Waals surface area contributed by atoms with Gasteiger partial charge in [0.15, 0.2) is 17.1 Å². The molecule has 0 aliphatic rings. The summed E-state index contributed by atoms with van der Waals surface area (Å²) in [5.74, 6) is -0.909. The standard InChI is InChI=1S/C20H15Br3O4/c1-9(24)6-13-14(22)7-11(8-15(13)23)18(26)17-12-4-3-5-16(25)20(12)27-19(17)10(2)21/h3-5,7-8,10,25H,6H2,1-2H3/i3D,4D,5D. The lowest BCUT2D eigenvalue weighted by molar-refractivity contribution is -0.116. The first-order chi connectivity index (χ1) is 14.0. The van der Waals surface area contributed by atoms with Crippen LogP contribution in [0.5, 0.6) is 5.75 Å². The molecule has 1 N–H and O–H groups in total. The van der Waals surface area contributed by atoms with E-state index in [0.717, 1.165) is 0 Å². The Labute approximate surface area is 185 Å². The summed E-state index contributed by atoms with van der Waals surface area (Å²) < 4.78 is 30.8. The van der Waals surface area contributed by atoms with Gasteiger partial charge in [-0.2, -0.15) is 0 Å². The minimum absolute atomic E-state index is 0.0140. The van der Waals surface area contributed by atoms with Crippen molar-refractivity contribution in [3.63, 3.8) is 0 Å². The fourth-order valence-electron chi connectivity index (χ4n) is 2.75. The quantitative estimate of drug-likeness (QED) is 0.286. The first-order valence-corrected chi connectivity index (χ1v) is 10.4. The van der Waals surface area contributed by atoms with E-state index in [1.165, 1.54) is 6.92 Å². The van der Waals surface area contributed by atoms with E-state index in [0.29, 0.717) is 14.5 Å². The monoisotopic (exact) mass is 559 g/mol.